The third-order valence-electron chi connectivity index (χ3n) is 2.28. The molecule has 0 fully saturated rings. The fourth-order valence-corrected chi connectivity index (χ4v) is 1.64. The second-order valence-corrected chi connectivity index (χ2v) is 3.26. The molecule has 2 rings (SSSR count). The van der Waals surface area contributed by atoms with Crippen LogP contribution >= 0.6 is 0 Å². The first-order valence-corrected chi connectivity index (χ1v) is 4.41. The van der Waals surface area contributed by atoms with Crippen molar-refractivity contribution in [1.29, 1.82) is 0 Å². The van der Waals surface area contributed by atoms with E-state index in [0.29, 0.717) is 0 Å². The van der Waals surface area contributed by atoms with E-state index in [2.05, 4.69) is 5.32 Å². The number of fused-ring (bicyclic) bond motifs is 1. The van der Waals surface area contributed by atoms with Gasteiger partial charge in [-0.2, -0.15) is 0 Å². The molecule has 0 saturated carbocycles. The molecule has 1 heterocycles. The Hall–Kier alpha value is -1.77. The zero-order chi connectivity index (χ0) is 10.1. The smallest absolute Gasteiger partial charge is 0.307 e. The topological polar surface area (TPSA) is 51.4 Å². The van der Waals surface area contributed by atoms with Crippen molar-refractivity contribution in [1.82, 2.24) is 5.32 Å². The minimum Gasteiger partial charge on any atom is -0.481 e. The zero-order valence-electron chi connectivity index (χ0n) is 7.82. The molecule has 0 unspecified atom stereocenters. The SMILES string of the molecule is CC1=C(CC(=O)O)c2ccccc2[N]1. The molecule has 0 atom stereocenters. The maximum Gasteiger partial charge on any atom is 0.307 e. The van der Waals surface area contributed by atoms with Crippen molar-refractivity contribution in [2.45, 2.75) is 13.3 Å². The summed E-state index contributed by atoms with van der Waals surface area (Å²) in [4.78, 5) is 10.6. The van der Waals surface area contributed by atoms with Crippen molar-refractivity contribution >= 4 is 17.2 Å². The van der Waals surface area contributed by atoms with Crippen molar-refractivity contribution in [2.75, 3.05) is 0 Å². The third kappa shape index (κ3) is 1.37. The lowest BCUT2D eigenvalue weighted by atomic mass is 10.0. The number of aliphatic carboxylic acids is 1. The Balaban J connectivity index is 2.41. The largest absolute Gasteiger partial charge is 0.481 e. The van der Waals surface area contributed by atoms with Gasteiger partial charge in [-0.05, 0) is 18.6 Å². The van der Waals surface area contributed by atoms with Gasteiger partial charge in [0.25, 0.3) is 0 Å². The Kier molecular flexibility index (Phi) is 2.00. The molecule has 1 aliphatic heterocycles. The number of para-hydroxylation sites is 1. The Bertz CT molecular complexity index is 421. The number of hydrogen-bond acceptors (Lipinski definition) is 1. The molecule has 14 heavy (non-hydrogen) atoms. The number of benzene rings is 1. The summed E-state index contributed by atoms with van der Waals surface area (Å²) in [6, 6.07) is 7.61. The maximum absolute atomic E-state index is 10.6. The number of rotatable bonds is 2. The van der Waals surface area contributed by atoms with Gasteiger partial charge in [0.15, 0.2) is 0 Å². The summed E-state index contributed by atoms with van der Waals surface area (Å²) in [6.07, 6.45) is 0.0480. The molecule has 3 heteroatoms. The molecule has 71 valence electrons. The molecule has 0 amide bonds. The van der Waals surface area contributed by atoms with Crippen LogP contribution in [0.1, 0.15) is 18.9 Å². The predicted molar refractivity (Wildman–Crippen MR) is 53.1 cm³/mol. The first-order valence-electron chi connectivity index (χ1n) is 4.41. The Labute approximate surface area is 82.1 Å². The average molecular weight is 188 g/mol. The quantitative estimate of drug-likeness (QED) is 0.773. The van der Waals surface area contributed by atoms with Gasteiger partial charge in [-0.15, -0.1) is 0 Å². The summed E-state index contributed by atoms with van der Waals surface area (Å²) in [5.41, 5.74) is 3.47. The van der Waals surface area contributed by atoms with Crippen LogP contribution in [-0.2, 0) is 4.79 Å². The molecule has 0 aromatic heterocycles. The second-order valence-electron chi connectivity index (χ2n) is 3.26. The van der Waals surface area contributed by atoms with Gasteiger partial charge in [-0.1, -0.05) is 18.2 Å². The van der Waals surface area contributed by atoms with Gasteiger partial charge in [0.05, 0.1) is 12.1 Å². The summed E-state index contributed by atoms with van der Waals surface area (Å²) < 4.78 is 0. The minimum atomic E-state index is -0.814. The van der Waals surface area contributed by atoms with Crippen molar-refractivity contribution in [3.8, 4) is 0 Å². The van der Waals surface area contributed by atoms with Crippen LogP contribution in [0.15, 0.2) is 30.0 Å². The molecule has 1 aromatic carbocycles. The highest BCUT2D eigenvalue weighted by molar-refractivity contribution is 5.91. The lowest BCUT2D eigenvalue weighted by Gasteiger charge is -2.00. The van der Waals surface area contributed by atoms with Gasteiger partial charge < -0.3 is 5.11 Å². The number of nitrogens with zero attached hydrogens (tertiary/aromatic N) is 1. The first kappa shape index (κ1) is 8.81. The highest BCUT2D eigenvalue weighted by Gasteiger charge is 2.20. The molecule has 0 aliphatic carbocycles. The Morgan fingerprint density at radius 3 is 2.86 bits per heavy atom. The molecule has 1 aromatic rings. The van der Waals surface area contributed by atoms with Crippen LogP contribution in [0.25, 0.3) is 5.57 Å². The van der Waals surface area contributed by atoms with E-state index in [1.165, 1.54) is 0 Å². The number of carboxylic acid groups (broad SMARTS) is 1. The van der Waals surface area contributed by atoms with E-state index in [9.17, 15) is 4.79 Å². The molecule has 0 spiro atoms. The van der Waals surface area contributed by atoms with Crippen molar-refractivity contribution in [3.63, 3.8) is 0 Å². The van der Waals surface area contributed by atoms with E-state index in [0.717, 1.165) is 22.5 Å². The summed E-state index contributed by atoms with van der Waals surface area (Å²) >= 11 is 0. The summed E-state index contributed by atoms with van der Waals surface area (Å²) in [5, 5.41) is 13.0. The zero-order valence-corrected chi connectivity index (χ0v) is 7.82. The van der Waals surface area contributed by atoms with E-state index in [1.54, 1.807) is 0 Å². The van der Waals surface area contributed by atoms with E-state index in [-0.39, 0.29) is 6.42 Å². The summed E-state index contributed by atoms with van der Waals surface area (Å²) in [7, 11) is 0. The van der Waals surface area contributed by atoms with Crippen LogP contribution in [0.4, 0.5) is 5.69 Å². The third-order valence-corrected chi connectivity index (χ3v) is 2.28. The van der Waals surface area contributed by atoms with Gasteiger partial charge >= 0.3 is 5.97 Å². The monoisotopic (exact) mass is 188 g/mol. The lowest BCUT2D eigenvalue weighted by molar-refractivity contribution is -0.135. The maximum atomic E-state index is 10.6. The second kappa shape index (κ2) is 3.18. The van der Waals surface area contributed by atoms with Crippen LogP contribution < -0.4 is 5.32 Å². The van der Waals surface area contributed by atoms with E-state index >= 15 is 0 Å². The van der Waals surface area contributed by atoms with Crippen molar-refractivity contribution < 1.29 is 9.90 Å². The highest BCUT2D eigenvalue weighted by Crippen LogP contribution is 2.35. The average Bonchev–Trinajstić information content (AvgIpc) is 2.43. The normalized spacial score (nSPS) is 13.8. The Morgan fingerprint density at radius 1 is 1.43 bits per heavy atom. The fourth-order valence-electron chi connectivity index (χ4n) is 1.64. The molecular formula is C11H10NO2. The molecule has 1 aliphatic rings. The minimum absolute atomic E-state index is 0.0480. The first-order chi connectivity index (χ1) is 6.68. The van der Waals surface area contributed by atoms with Crippen LogP contribution in [0.2, 0.25) is 0 Å². The van der Waals surface area contributed by atoms with Gasteiger partial charge in [-0.3, -0.25) is 10.1 Å². The number of carbonyl (C=O) groups is 1. The van der Waals surface area contributed by atoms with Gasteiger partial charge in [0.2, 0.25) is 0 Å². The van der Waals surface area contributed by atoms with Crippen LogP contribution in [0.3, 0.4) is 0 Å². The molecule has 1 N–H and O–H groups in total. The van der Waals surface area contributed by atoms with Crippen LogP contribution in [-0.4, -0.2) is 11.1 Å². The van der Waals surface area contributed by atoms with Gasteiger partial charge in [0, 0.05) is 11.3 Å². The standard InChI is InChI=1S/C11H10NO2/c1-7-9(6-11(13)14)8-4-2-3-5-10(8)12-7/h2-5H,6H2,1H3,(H,13,14). The fraction of sp³-hybridized carbons (Fsp3) is 0.182. The van der Waals surface area contributed by atoms with Crippen LogP contribution in [0.5, 0.6) is 0 Å². The highest BCUT2D eigenvalue weighted by atomic mass is 16.4. The Morgan fingerprint density at radius 2 is 2.14 bits per heavy atom. The molecule has 1 radical (unpaired) electrons. The van der Waals surface area contributed by atoms with Crippen LogP contribution in [0, 0.1) is 0 Å². The molecule has 0 saturated heterocycles. The summed E-state index contributed by atoms with van der Waals surface area (Å²) in [6.45, 7) is 1.85. The molecule has 3 nitrogen and oxygen atoms in total. The number of allylic oxidation sites excluding steroid dienone is 1. The number of hydrogen-bond donors (Lipinski definition) is 1. The van der Waals surface area contributed by atoms with Crippen molar-refractivity contribution in [2.24, 2.45) is 0 Å². The van der Waals surface area contributed by atoms with E-state index < -0.39 is 5.97 Å². The number of carboxylic acids is 1. The molecular weight excluding hydrogens is 178 g/mol. The van der Waals surface area contributed by atoms with Gasteiger partial charge in [0.1, 0.15) is 0 Å². The van der Waals surface area contributed by atoms with Crippen molar-refractivity contribution in [3.05, 3.63) is 35.5 Å². The van der Waals surface area contributed by atoms with Gasteiger partial charge in [-0.25, -0.2) is 0 Å². The lowest BCUT2D eigenvalue weighted by Crippen LogP contribution is -1.96. The summed E-state index contributed by atoms with van der Waals surface area (Å²) in [5.74, 6) is -0.814. The van der Waals surface area contributed by atoms with E-state index in [1.807, 2.05) is 31.2 Å². The van der Waals surface area contributed by atoms with E-state index in [4.69, 9.17) is 5.11 Å². The predicted octanol–water partition coefficient (Wildman–Crippen LogP) is 2.14. The molecule has 0 bridgehead atoms.